The first-order valence-corrected chi connectivity index (χ1v) is 5.54. The molecule has 0 saturated heterocycles. The minimum absolute atomic E-state index is 0.0846. The molecule has 0 spiro atoms. The SMILES string of the molecule is CC(C)N1Cc2cc([N+](=O)[O-])ccc2CC1=O. The second-order valence-electron chi connectivity index (χ2n) is 4.50. The van der Waals surface area contributed by atoms with Crippen molar-refractivity contribution in [2.75, 3.05) is 0 Å². The fourth-order valence-electron chi connectivity index (χ4n) is 2.05. The van der Waals surface area contributed by atoms with Gasteiger partial charge in [0.25, 0.3) is 5.69 Å². The highest BCUT2D eigenvalue weighted by Crippen LogP contribution is 2.25. The molecule has 0 N–H and O–H groups in total. The smallest absolute Gasteiger partial charge is 0.269 e. The van der Waals surface area contributed by atoms with Crippen LogP contribution in [-0.2, 0) is 17.8 Å². The summed E-state index contributed by atoms with van der Waals surface area (Å²) in [5.41, 5.74) is 1.87. The molecule has 0 aliphatic carbocycles. The molecule has 0 radical (unpaired) electrons. The zero-order chi connectivity index (χ0) is 12.6. The molecule has 5 nitrogen and oxygen atoms in total. The molecule has 17 heavy (non-hydrogen) atoms. The van der Waals surface area contributed by atoms with Gasteiger partial charge >= 0.3 is 0 Å². The maximum absolute atomic E-state index is 11.8. The van der Waals surface area contributed by atoms with E-state index >= 15 is 0 Å². The molecule has 1 heterocycles. The molecule has 0 aromatic heterocycles. The highest BCUT2D eigenvalue weighted by atomic mass is 16.6. The van der Waals surface area contributed by atoms with Gasteiger partial charge in [0.2, 0.25) is 5.91 Å². The van der Waals surface area contributed by atoms with Gasteiger partial charge in [-0.05, 0) is 25.0 Å². The van der Waals surface area contributed by atoms with Crippen LogP contribution >= 0.6 is 0 Å². The Morgan fingerprint density at radius 2 is 2.06 bits per heavy atom. The number of carbonyl (C=O) groups excluding carboxylic acids is 1. The Morgan fingerprint density at radius 3 is 2.65 bits per heavy atom. The number of carbonyl (C=O) groups is 1. The largest absolute Gasteiger partial charge is 0.336 e. The van der Waals surface area contributed by atoms with E-state index in [1.165, 1.54) is 6.07 Å². The third kappa shape index (κ3) is 2.13. The monoisotopic (exact) mass is 234 g/mol. The Balaban J connectivity index is 2.37. The minimum atomic E-state index is -0.406. The fraction of sp³-hybridized carbons (Fsp3) is 0.417. The molecule has 0 saturated carbocycles. The summed E-state index contributed by atoms with van der Waals surface area (Å²) in [6, 6.07) is 4.83. The lowest BCUT2D eigenvalue weighted by Gasteiger charge is -2.31. The number of nitro benzene ring substituents is 1. The maximum atomic E-state index is 11.8. The van der Waals surface area contributed by atoms with Gasteiger partial charge in [0, 0.05) is 24.7 Å². The van der Waals surface area contributed by atoms with Gasteiger partial charge in [-0.2, -0.15) is 0 Å². The number of nitro groups is 1. The van der Waals surface area contributed by atoms with Gasteiger partial charge in [-0.25, -0.2) is 0 Å². The zero-order valence-corrected chi connectivity index (χ0v) is 9.84. The standard InChI is InChI=1S/C12H14N2O3/c1-8(2)13-7-10-5-11(14(16)17)4-3-9(10)6-12(13)15/h3-5,8H,6-7H2,1-2H3. The number of rotatable bonds is 2. The van der Waals surface area contributed by atoms with E-state index in [4.69, 9.17) is 0 Å². The Hall–Kier alpha value is -1.91. The average Bonchev–Trinajstić information content (AvgIpc) is 2.27. The van der Waals surface area contributed by atoms with Crippen LogP contribution < -0.4 is 0 Å². The normalized spacial score (nSPS) is 15.0. The third-order valence-corrected chi connectivity index (χ3v) is 3.03. The molecule has 0 bridgehead atoms. The molecule has 0 fully saturated rings. The van der Waals surface area contributed by atoms with E-state index in [-0.39, 0.29) is 17.6 Å². The van der Waals surface area contributed by atoms with Gasteiger partial charge in [0.05, 0.1) is 11.3 Å². The van der Waals surface area contributed by atoms with Gasteiger partial charge < -0.3 is 4.90 Å². The molecule has 90 valence electrons. The summed E-state index contributed by atoms with van der Waals surface area (Å²) in [7, 11) is 0. The lowest BCUT2D eigenvalue weighted by molar-refractivity contribution is -0.385. The van der Waals surface area contributed by atoms with Gasteiger partial charge in [0.1, 0.15) is 0 Å². The molecule has 2 rings (SSSR count). The number of hydrogen-bond donors (Lipinski definition) is 0. The molecule has 1 amide bonds. The van der Waals surface area contributed by atoms with Crippen molar-refractivity contribution in [2.45, 2.75) is 32.9 Å². The second kappa shape index (κ2) is 4.16. The maximum Gasteiger partial charge on any atom is 0.269 e. The van der Waals surface area contributed by atoms with E-state index in [2.05, 4.69) is 0 Å². The van der Waals surface area contributed by atoms with Crippen molar-refractivity contribution in [3.05, 3.63) is 39.4 Å². The summed E-state index contributed by atoms with van der Waals surface area (Å²) in [6.07, 6.45) is 0.339. The van der Waals surface area contributed by atoms with Crippen LogP contribution in [0.25, 0.3) is 0 Å². The van der Waals surface area contributed by atoms with Crippen molar-refractivity contribution in [3.8, 4) is 0 Å². The lowest BCUT2D eigenvalue weighted by Crippen LogP contribution is -2.40. The molecule has 1 aromatic rings. The molecule has 1 aromatic carbocycles. The first-order chi connectivity index (χ1) is 7.99. The summed E-state index contributed by atoms with van der Waals surface area (Å²) < 4.78 is 0. The van der Waals surface area contributed by atoms with Crippen molar-refractivity contribution < 1.29 is 9.72 Å². The molecule has 0 unspecified atom stereocenters. The molecular weight excluding hydrogens is 220 g/mol. The van der Waals surface area contributed by atoms with E-state index in [9.17, 15) is 14.9 Å². The van der Waals surface area contributed by atoms with Crippen LogP contribution in [0, 0.1) is 10.1 Å². The number of amides is 1. The summed E-state index contributed by atoms with van der Waals surface area (Å²) in [4.78, 5) is 23.8. The third-order valence-electron chi connectivity index (χ3n) is 3.03. The molecular formula is C12H14N2O3. The highest BCUT2D eigenvalue weighted by molar-refractivity contribution is 5.81. The predicted octanol–water partition coefficient (Wildman–Crippen LogP) is 1.89. The van der Waals surface area contributed by atoms with Crippen LogP contribution in [0.15, 0.2) is 18.2 Å². The fourth-order valence-corrected chi connectivity index (χ4v) is 2.05. The summed E-state index contributed by atoms with van der Waals surface area (Å²) in [6.45, 7) is 4.36. The molecule has 5 heteroatoms. The lowest BCUT2D eigenvalue weighted by atomic mass is 9.97. The van der Waals surface area contributed by atoms with Crippen molar-refractivity contribution >= 4 is 11.6 Å². The minimum Gasteiger partial charge on any atom is -0.336 e. The zero-order valence-electron chi connectivity index (χ0n) is 9.84. The number of hydrogen-bond acceptors (Lipinski definition) is 3. The van der Waals surface area contributed by atoms with Crippen molar-refractivity contribution in [1.29, 1.82) is 0 Å². The van der Waals surface area contributed by atoms with Crippen LogP contribution in [0.4, 0.5) is 5.69 Å². The van der Waals surface area contributed by atoms with E-state index in [1.807, 2.05) is 13.8 Å². The van der Waals surface area contributed by atoms with Crippen molar-refractivity contribution in [2.24, 2.45) is 0 Å². The Labute approximate surface area is 99.2 Å². The number of non-ortho nitro benzene ring substituents is 1. The van der Waals surface area contributed by atoms with Crippen LogP contribution in [0.1, 0.15) is 25.0 Å². The van der Waals surface area contributed by atoms with E-state index < -0.39 is 4.92 Å². The second-order valence-corrected chi connectivity index (χ2v) is 4.50. The first-order valence-electron chi connectivity index (χ1n) is 5.54. The summed E-state index contributed by atoms with van der Waals surface area (Å²) in [5.74, 6) is 0.0846. The Morgan fingerprint density at radius 1 is 1.35 bits per heavy atom. The topological polar surface area (TPSA) is 63.4 Å². The Bertz CT molecular complexity index is 483. The number of fused-ring (bicyclic) bond motifs is 1. The molecule has 1 aliphatic heterocycles. The van der Waals surface area contributed by atoms with Gasteiger partial charge in [-0.15, -0.1) is 0 Å². The van der Waals surface area contributed by atoms with E-state index in [0.29, 0.717) is 13.0 Å². The number of nitrogens with zero attached hydrogens (tertiary/aromatic N) is 2. The van der Waals surface area contributed by atoms with Gasteiger partial charge in [-0.1, -0.05) is 6.07 Å². The molecule has 0 atom stereocenters. The number of benzene rings is 1. The molecule has 1 aliphatic rings. The average molecular weight is 234 g/mol. The van der Waals surface area contributed by atoms with Gasteiger partial charge in [-0.3, -0.25) is 14.9 Å². The van der Waals surface area contributed by atoms with Gasteiger partial charge in [0.15, 0.2) is 0 Å². The first kappa shape index (κ1) is 11.6. The van der Waals surface area contributed by atoms with E-state index in [1.54, 1.807) is 17.0 Å². The van der Waals surface area contributed by atoms with E-state index in [0.717, 1.165) is 11.1 Å². The van der Waals surface area contributed by atoms with Crippen LogP contribution in [0.5, 0.6) is 0 Å². The summed E-state index contributed by atoms with van der Waals surface area (Å²) in [5, 5.41) is 10.7. The van der Waals surface area contributed by atoms with Crippen LogP contribution in [0.3, 0.4) is 0 Å². The predicted molar refractivity (Wildman–Crippen MR) is 62.5 cm³/mol. The quantitative estimate of drug-likeness (QED) is 0.579. The van der Waals surface area contributed by atoms with Crippen molar-refractivity contribution in [1.82, 2.24) is 4.90 Å². The van der Waals surface area contributed by atoms with Crippen LogP contribution in [0.2, 0.25) is 0 Å². The summed E-state index contributed by atoms with van der Waals surface area (Å²) >= 11 is 0. The Kier molecular flexibility index (Phi) is 2.83. The van der Waals surface area contributed by atoms with Crippen LogP contribution in [-0.4, -0.2) is 21.8 Å². The van der Waals surface area contributed by atoms with Crippen molar-refractivity contribution in [3.63, 3.8) is 0 Å². The highest BCUT2D eigenvalue weighted by Gasteiger charge is 2.26.